The van der Waals surface area contributed by atoms with Crippen LogP contribution in [0.3, 0.4) is 0 Å². The van der Waals surface area contributed by atoms with Gasteiger partial charge in [-0.2, -0.15) is 0 Å². The normalized spacial score (nSPS) is 29.6. The smallest absolute Gasteiger partial charge is 0.108 e. The van der Waals surface area contributed by atoms with Crippen molar-refractivity contribution in [3.63, 3.8) is 0 Å². The molecular formula is C28H41F. The van der Waals surface area contributed by atoms with Gasteiger partial charge < -0.3 is 0 Å². The van der Waals surface area contributed by atoms with Crippen LogP contribution in [-0.4, -0.2) is 0 Å². The molecule has 0 bridgehead atoms. The van der Waals surface area contributed by atoms with Crippen molar-refractivity contribution in [1.29, 1.82) is 0 Å². The van der Waals surface area contributed by atoms with Crippen molar-refractivity contribution >= 4 is 0 Å². The first kappa shape index (κ1) is 22.3. The van der Waals surface area contributed by atoms with Gasteiger partial charge in [-0.15, -0.1) is 0 Å². The maximum atomic E-state index is 15.2. The Kier molecular flexibility index (Phi) is 8.57. The second-order valence-electron chi connectivity index (χ2n) is 9.68. The van der Waals surface area contributed by atoms with Gasteiger partial charge in [0.15, 0.2) is 0 Å². The average Bonchev–Trinajstić information content (AvgIpc) is 2.75. The summed E-state index contributed by atoms with van der Waals surface area (Å²) >= 11 is 0. The summed E-state index contributed by atoms with van der Waals surface area (Å²) in [6.07, 6.45) is 22.0. The maximum Gasteiger partial charge on any atom is 0.108 e. The Bertz CT molecular complexity index is 650. The summed E-state index contributed by atoms with van der Waals surface area (Å²) < 4.78 is 15.2. The maximum absolute atomic E-state index is 15.2. The fourth-order valence-corrected chi connectivity index (χ4v) is 5.55. The number of hydrogen-bond donors (Lipinski definition) is 0. The van der Waals surface area contributed by atoms with Gasteiger partial charge >= 0.3 is 0 Å². The largest absolute Gasteiger partial charge is 0.211 e. The molecule has 0 saturated heterocycles. The van der Waals surface area contributed by atoms with Crippen LogP contribution in [0.25, 0.3) is 0 Å². The Hall–Kier alpha value is -1.37. The summed E-state index contributed by atoms with van der Waals surface area (Å²) in [6, 6.07) is 10.1. The van der Waals surface area contributed by atoms with E-state index in [0.717, 1.165) is 30.2 Å². The van der Waals surface area contributed by atoms with Gasteiger partial charge in [0.05, 0.1) is 5.92 Å². The summed E-state index contributed by atoms with van der Waals surface area (Å²) in [5.74, 6) is 1.68. The minimum Gasteiger partial charge on any atom is -0.211 e. The zero-order valence-corrected chi connectivity index (χ0v) is 18.7. The quantitative estimate of drug-likeness (QED) is 0.273. The second kappa shape index (κ2) is 11.1. The van der Waals surface area contributed by atoms with Gasteiger partial charge in [-0.1, -0.05) is 114 Å². The van der Waals surface area contributed by atoms with E-state index in [0.29, 0.717) is 0 Å². The van der Waals surface area contributed by atoms with Crippen molar-refractivity contribution in [2.75, 3.05) is 0 Å². The minimum absolute atomic E-state index is 0.0573. The average molecular weight is 397 g/mol. The molecule has 2 aliphatic carbocycles. The van der Waals surface area contributed by atoms with Crippen LogP contribution in [0, 0.1) is 17.3 Å². The zero-order chi connectivity index (χ0) is 20.5. The van der Waals surface area contributed by atoms with Crippen molar-refractivity contribution in [2.45, 2.75) is 96.8 Å². The van der Waals surface area contributed by atoms with E-state index in [9.17, 15) is 0 Å². The van der Waals surface area contributed by atoms with E-state index in [1.807, 2.05) is 36.4 Å². The standard InChI is InChI=1S/C28H41F/c1-3-5-9-19-28(20-17-24-15-13-23(10-4-2)14-16-24)21-18-26(27(29)22-28)25-11-7-6-8-12-25/h6-8,11-12,18,21-24,26H,3-5,9-10,13-17,19-20H2,1-2H3/t23-,24-,26?,28?. The molecule has 0 N–H and O–H groups in total. The van der Waals surface area contributed by atoms with Gasteiger partial charge in [0, 0.05) is 5.41 Å². The van der Waals surface area contributed by atoms with Gasteiger partial charge in [-0.25, -0.2) is 4.39 Å². The molecule has 1 aromatic rings. The highest BCUT2D eigenvalue weighted by Gasteiger charge is 2.32. The van der Waals surface area contributed by atoms with Crippen molar-refractivity contribution < 1.29 is 4.39 Å². The molecule has 0 aromatic heterocycles. The molecule has 1 aromatic carbocycles. The van der Waals surface area contributed by atoms with E-state index in [1.54, 1.807) is 0 Å². The van der Waals surface area contributed by atoms with E-state index in [-0.39, 0.29) is 17.2 Å². The fourth-order valence-electron chi connectivity index (χ4n) is 5.55. The van der Waals surface area contributed by atoms with Crippen LogP contribution in [-0.2, 0) is 0 Å². The molecule has 29 heavy (non-hydrogen) atoms. The van der Waals surface area contributed by atoms with Crippen LogP contribution in [0.5, 0.6) is 0 Å². The molecule has 0 spiro atoms. The SMILES string of the molecule is CCCCCC1(CC[C@H]2CC[C@H](CCC)CC2)C=CC(c2ccccc2)C(F)=C1. The Morgan fingerprint density at radius 2 is 1.55 bits per heavy atom. The summed E-state index contributed by atoms with van der Waals surface area (Å²) in [4.78, 5) is 0. The monoisotopic (exact) mass is 396 g/mol. The Labute approximate surface area is 178 Å². The van der Waals surface area contributed by atoms with E-state index < -0.39 is 0 Å². The van der Waals surface area contributed by atoms with E-state index >= 15 is 4.39 Å². The molecule has 160 valence electrons. The van der Waals surface area contributed by atoms with Crippen LogP contribution in [0.1, 0.15) is 102 Å². The topological polar surface area (TPSA) is 0 Å². The van der Waals surface area contributed by atoms with Crippen molar-refractivity contribution in [3.8, 4) is 0 Å². The molecule has 0 heterocycles. The third kappa shape index (κ3) is 6.30. The lowest BCUT2D eigenvalue weighted by molar-refractivity contribution is 0.229. The molecule has 3 rings (SSSR count). The number of benzene rings is 1. The zero-order valence-electron chi connectivity index (χ0n) is 18.7. The van der Waals surface area contributed by atoms with Gasteiger partial charge in [-0.05, 0) is 42.7 Å². The van der Waals surface area contributed by atoms with E-state index in [4.69, 9.17) is 0 Å². The lowest BCUT2D eigenvalue weighted by Gasteiger charge is -2.35. The number of allylic oxidation sites excluding steroid dienone is 4. The third-order valence-corrected chi connectivity index (χ3v) is 7.43. The van der Waals surface area contributed by atoms with Crippen molar-refractivity contribution in [3.05, 3.63) is 60.0 Å². The highest BCUT2D eigenvalue weighted by molar-refractivity contribution is 5.37. The van der Waals surface area contributed by atoms with Crippen LogP contribution < -0.4 is 0 Å². The van der Waals surface area contributed by atoms with Crippen molar-refractivity contribution in [1.82, 2.24) is 0 Å². The molecule has 0 radical (unpaired) electrons. The number of halogens is 1. The van der Waals surface area contributed by atoms with Gasteiger partial charge in [-0.3, -0.25) is 0 Å². The lowest BCUT2D eigenvalue weighted by Crippen LogP contribution is -2.23. The molecule has 0 amide bonds. The Morgan fingerprint density at radius 1 is 0.862 bits per heavy atom. The predicted molar refractivity (Wildman–Crippen MR) is 124 cm³/mol. The second-order valence-corrected chi connectivity index (χ2v) is 9.68. The molecule has 1 heteroatoms. The first-order valence-electron chi connectivity index (χ1n) is 12.3. The van der Waals surface area contributed by atoms with Crippen LogP contribution in [0.4, 0.5) is 4.39 Å². The minimum atomic E-state index is -0.194. The molecule has 2 unspecified atom stereocenters. The summed E-state index contributed by atoms with van der Waals surface area (Å²) in [5.41, 5.74) is 0.999. The third-order valence-electron chi connectivity index (χ3n) is 7.43. The highest BCUT2D eigenvalue weighted by atomic mass is 19.1. The number of hydrogen-bond acceptors (Lipinski definition) is 0. The van der Waals surface area contributed by atoms with Crippen molar-refractivity contribution in [2.24, 2.45) is 17.3 Å². The lowest BCUT2D eigenvalue weighted by atomic mass is 9.70. The molecule has 2 atom stereocenters. The number of rotatable bonds is 10. The summed E-state index contributed by atoms with van der Waals surface area (Å²) in [5, 5.41) is 0. The predicted octanol–water partition coefficient (Wildman–Crippen LogP) is 9.15. The highest BCUT2D eigenvalue weighted by Crippen LogP contribution is 2.45. The van der Waals surface area contributed by atoms with Crippen LogP contribution >= 0.6 is 0 Å². The molecule has 2 aliphatic rings. The van der Waals surface area contributed by atoms with Crippen LogP contribution in [0.2, 0.25) is 0 Å². The molecule has 1 saturated carbocycles. The first-order valence-corrected chi connectivity index (χ1v) is 12.3. The fraction of sp³-hybridized carbons (Fsp3) is 0.643. The van der Waals surface area contributed by atoms with E-state index in [1.165, 1.54) is 64.2 Å². The van der Waals surface area contributed by atoms with E-state index in [2.05, 4.69) is 26.0 Å². The summed E-state index contributed by atoms with van der Waals surface area (Å²) in [6.45, 7) is 4.56. The van der Waals surface area contributed by atoms with Crippen LogP contribution in [0.15, 0.2) is 54.4 Å². The molecule has 1 fully saturated rings. The molecule has 0 aliphatic heterocycles. The Balaban J connectivity index is 1.64. The molecule has 0 nitrogen and oxygen atoms in total. The number of unbranched alkanes of at least 4 members (excludes halogenated alkanes) is 2. The Morgan fingerprint density at radius 3 is 2.17 bits per heavy atom. The first-order chi connectivity index (χ1) is 14.2. The molecular weight excluding hydrogens is 355 g/mol. The van der Waals surface area contributed by atoms with Gasteiger partial charge in [0.25, 0.3) is 0 Å². The summed E-state index contributed by atoms with van der Waals surface area (Å²) in [7, 11) is 0. The van der Waals surface area contributed by atoms with Gasteiger partial charge in [0.1, 0.15) is 5.83 Å². The van der Waals surface area contributed by atoms with Gasteiger partial charge in [0.2, 0.25) is 0 Å².